The molecule has 27 heavy (non-hydrogen) atoms. The molecule has 0 radical (unpaired) electrons. The molecule has 0 amide bonds. The zero-order chi connectivity index (χ0) is 19.6. The van der Waals surface area contributed by atoms with Gasteiger partial charge in [0.05, 0.1) is 13.2 Å². The Morgan fingerprint density at radius 3 is 2.37 bits per heavy atom. The fourth-order valence-corrected chi connectivity index (χ4v) is 3.00. The van der Waals surface area contributed by atoms with E-state index >= 15 is 0 Å². The van der Waals surface area contributed by atoms with Gasteiger partial charge in [0.1, 0.15) is 0 Å². The van der Waals surface area contributed by atoms with Gasteiger partial charge in [-0.25, -0.2) is 0 Å². The number of aromatic nitrogens is 1. The van der Waals surface area contributed by atoms with E-state index in [2.05, 4.69) is 4.98 Å². The second-order valence-electron chi connectivity index (χ2n) is 6.30. The average molecular weight is 371 g/mol. The molecule has 0 aliphatic heterocycles. The summed E-state index contributed by atoms with van der Waals surface area (Å²) in [6.45, 7) is 2.02. The number of aryl methyl sites for hydroxylation is 2. The highest BCUT2D eigenvalue weighted by Gasteiger charge is 2.16. The maximum absolute atomic E-state index is 11.7. The molecule has 0 aliphatic carbocycles. The molecule has 2 rings (SSSR count). The van der Waals surface area contributed by atoms with Crippen molar-refractivity contribution in [3.8, 4) is 0 Å². The van der Waals surface area contributed by atoms with Gasteiger partial charge in [-0.1, -0.05) is 24.3 Å². The summed E-state index contributed by atoms with van der Waals surface area (Å²) < 4.78 is 4.98. The SMILES string of the molecule is CCOC(=O)CCc1cc(CCC(=O)O)cc(C(CO)c2cccnc2)c1. The van der Waals surface area contributed by atoms with Crippen LogP contribution in [0.2, 0.25) is 0 Å². The number of aliphatic hydroxyl groups is 1. The first kappa shape index (κ1) is 20.6. The molecule has 0 aliphatic rings. The van der Waals surface area contributed by atoms with Crippen LogP contribution in [-0.2, 0) is 27.2 Å². The fraction of sp³-hybridized carbons (Fsp3) is 0.381. The molecule has 0 saturated heterocycles. The van der Waals surface area contributed by atoms with Crippen LogP contribution in [0, 0.1) is 0 Å². The first-order valence-electron chi connectivity index (χ1n) is 9.04. The van der Waals surface area contributed by atoms with Gasteiger partial charge in [-0.3, -0.25) is 14.6 Å². The average Bonchev–Trinajstić information content (AvgIpc) is 2.66. The normalized spacial score (nSPS) is 11.8. The molecule has 0 fully saturated rings. The molecule has 0 spiro atoms. The highest BCUT2D eigenvalue weighted by molar-refractivity contribution is 5.69. The predicted octanol–water partition coefficient (Wildman–Crippen LogP) is 2.72. The Hall–Kier alpha value is -2.73. The van der Waals surface area contributed by atoms with Crippen LogP contribution in [0.5, 0.6) is 0 Å². The molecule has 6 nitrogen and oxygen atoms in total. The number of carboxylic acid groups (broad SMARTS) is 1. The molecule has 1 heterocycles. The Morgan fingerprint density at radius 1 is 1.11 bits per heavy atom. The fourth-order valence-electron chi connectivity index (χ4n) is 3.00. The first-order chi connectivity index (χ1) is 13.0. The van der Waals surface area contributed by atoms with E-state index in [4.69, 9.17) is 9.84 Å². The predicted molar refractivity (Wildman–Crippen MR) is 101 cm³/mol. The third-order valence-electron chi connectivity index (χ3n) is 4.30. The number of carboxylic acids is 1. The van der Waals surface area contributed by atoms with Crippen LogP contribution >= 0.6 is 0 Å². The van der Waals surface area contributed by atoms with Crippen LogP contribution in [0.3, 0.4) is 0 Å². The van der Waals surface area contributed by atoms with Crippen LogP contribution in [-0.4, -0.2) is 40.3 Å². The lowest BCUT2D eigenvalue weighted by atomic mass is 9.89. The van der Waals surface area contributed by atoms with E-state index in [0.29, 0.717) is 19.4 Å². The van der Waals surface area contributed by atoms with E-state index < -0.39 is 5.97 Å². The van der Waals surface area contributed by atoms with Crippen LogP contribution in [0.25, 0.3) is 0 Å². The first-order valence-corrected chi connectivity index (χ1v) is 9.04. The van der Waals surface area contributed by atoms with Gasteiger partial charge in [0, 0.05) is 31.2 Å². The lowest BCUT2D eigenvalue weighted by molar-refractivity contribution is -0.143. The van der Waals surface area contributed by atoms with Crippen molar-refractivity contribution in [2.45, 2.75) is 38.5 Å². The Kier molecular flexibility index (Phi) is 7.95. The lowest BCUT2D eigenvalue weighted by Gasteiger charge is -2.18. The largest absolute Gasteiger partial charge is 0.481 e. The zero-order valence-corrected chi connectivity index (χ0v) is 15.4. The van der Waals surface area contributed by atoms with Crippen LogP contribution in [0.1, 0.15) is 47.9 Å². The number of carbonyl (C=O) groups is 2. The molecule has 6 heteroatoms. The number of carbonyl (C=O) groups excluding carboxylic acids is 1. The van der Waals surface area contributed by atoms with Crippen molar-refractivity contribution in [3.05, 3.63) is 65.0 Å². The number of pyridine rings is 1. The maximum atomic E-state index is 11.7. The van der Waals surface area contributed by atoms with E-state index in [9.17, 15) is 14.7 Å². The van der Waals surface area contributed by atoms with Gasteiger partial charge in [-0.15, -0.1) is 0 Å². The van der Waals surface area contributed by atoms with Crippen molar-refractivity contribution in [1.29, 1.82) is 0 Å². The quantitative estimate of drug-likeness (QED) is 0.623. The summed E-state index contributed by atoms with van der Waals surface area (Å²) in [6.07, 6.45) is 4.55. The summed E-state index contributed by atoms with van der Waals surface area (Å²) in [5.74, 6) is -1.38. The summed E-state index contributed by atoms with van der Waals surface area (Å²) in [4.78, 5) is 26.7. The van der Waals surface area contributed by atoms with E-state index in [1.54, 1.807) is 19.3 Å². The standard InChI is InChI=1S/C21H25NO5/c1-2-27-21(26)8-6-16-10-15(5-7-20(24)25)11-18(12-16)19(14-23)17-4-3-9-22-13-17/h3-4,9-13,19,23H,2,5-8,14H2,1H3,(H,24,25). The van der Waals surface area contributed by atoms with Crippen molar-refractivity contribution in [2.75, 3.05) is 13.2 Å². The Morgan fingerprint density at radius 2 is 1.81 bits per heavy atom. The summed E-state index contributed by atoms with van der Waals surface area (Å²) in [5, 5.41) is 18.9. The number of aliphatic carboxylic acids is 1. The summed E-state index contributed by atoms with van der Waals surface area (Å²) in [5.41, 5.74) is 3.55. The van der Waals surface area contributed by atoms with E-state index in [0.717, 1.165) is 22.3 Å². The third kappa shape index (κ3) is 6.49. The number of hydrogen-bond donors (Lipinski definition) is 2. The smallest absolute Gasteiger partial charge is 0.306 e. The zero-order valence-electron chi connectivity index (χ0n) is 15.4. The Bertz CT molecular complexity index is 760. The number of nitrogens with zero attached hydrogens (tertiary/aromatic N) is 1. The monoisotopic (exact) mass is 371 g/mol. The molecule has 0 bridgehead atoms. The second kappa shape index (κ2) is 10.4. The number of rotatable bonds is 10. The van der Waals surface area contributed by atoms with Crippen molar-refractivity contribution in [1.82, 2.24) is 4.98 Å². The summed E-state index contributed by atoms with van der Waals surface area (Å²) in [6, 6.07) is 9.51. The molecule has 0 saturated carbocycles. The highest BCUT2D eigenvalue weighted by atomic mass is 16.5. The highest BCUT2D eigenvalue weighted by Crippen LogP contribution is 2.26. The van der Waals surface area contributed by atoms with Gasteiger partial charge in [-0.2, -0.15) is 0 Å². The minimum absolute atomic E-state index is 0.0253. The van der Waals surface area contributed by atoms with Gasteiger partial charge >= 0.3 is 11.9 Å². The molecule has 144 valence electrons. The lowest BCUT2D eigenvalue weighted by Crippen LogP contribution is -2.09. The van der Waals surface area contributed by atoms with E-state index in [1.165, 1.54) is 0 Å². The topological polar surface area (TPSA) is 96.7 Å². The number of aliphatic hydroxyl groups excluding tert-OH is 1. The van der Waals surface area contributed by atoms with E-state index in [-0.39, 0.29) is 31.3 Å². The third-order valence-corrected chi connectivity index (χ3v) is 4.30. The van der Waals surface area contributed by atoms with Crippen molar-refractivity contribution < 1.29 is 24.5 Å². The van der Waals surface area contributed by atoms with Crippen molar-refractivity contribution >= 4 is 11.9 Å². The molecule has 1 aromatic carbocycles. The van der Waals surface area contributed by atoms with Crippen molar-refractivity contribution in [3.63, 3.8) is 0 Å². The minimum Gasteiger partial charge on any atom is -0.481 e. The van der Waals surface area contributed by atoms with Crippen LogP contribution < -0.4 is 0 Å². The molecular weight excluding hydrogens is 346 g/mol. The maximum Gasteiger partial charge on any atom is 0.306 e. The van der Waals surface area contributed by atoms with Gasteiger partial charge in [-0.05, 0) is 48.1 Å². The molecule has 1 aromatic heterocycles. The molecule has 2 N–H and O–H groups in total. The number of hydrogen-bond acceptors (Lipinski definition) is 5. The minimum atomic E-state index is -0.862. The molecule has 2 aromatic rings. The van der Waals surface area contributed by atoms with Crippen LogP contribution in [0.4, 0.5) is 0 Å². The van der Waals surface area contributed by atoms with Gasteiger partial charge in [0.25, 0.3) is 0 Å². The second-order valence-corrected chi connectivity index (χ2v) is 6.30. The molecule has 1 atom stereocenters. The van der Waals surface area contributed by atoms with Gasteiger partial charge < -0.3 is 14.9 Å². The number of esters is 1. The molecule has 1 unspecified atom stereocenters. The Balaban J connectivity index is 2.30. The summed E-state index contributed by atoms with van der Waals surface area (Å²) >= 11 is 0. The van der Waals surface area contributed by atoms with Gasteiger partial charge in [0.15, 0.2) is 0 Å². The van der Waals surface area contributed by atoms with E-state index in [1.807, 2.05) is 30.3 Å². The summed E-state index contributed by atoms with van der Waals surface area (Å²) in [7, 11) is 0. The van der Waals surface area contributed by atoms with Crippen molar-refractivity contribution in [2.24, 2.45) is 0 Å². The number of benzene rings is 1. The Labute approximate surface area is 158 Å². The van der Waals surface area contributed by atoms with Crippen LogP contribution in [0.15, 0.2) is 42.7 Å². The molecular formula is C21H25NO5. The number of ether oxygens (including phenoxy) is 1. The van der Waals surface area contributed by atoms with Gasteiger partial charge in [0.2, 0.25) is 0 Å².